The van der Waals surface area contributed by atoms with Crippen molar-refractivity contribution in [1.29, 1.82) is 0 Å². The van der Waals surface area contributed by atoms with Gasteiger partial charge < -0.3 is 5.11 Å². The van der Waals surface area contributed by atoms with Crippen molar-refractivity contribution in [3.05, 3.63) is 24.3 Å². The highest BCUT2D eigenvalue weighted by Crippen LogP contribution is 2.21. The molecule has 0 aromatic rings. The topological polar surface area (TPSA) is 64.1 Å². The molecule has 1 atom stereocenters. The maximum atomic E-state index is 12.4. The molecule has 1 N–H and O–H groups in total. The van der Waals surface area contributed by atoms with Gasteiger partial charge in [-0.1, -0.05) is 38.2 Å². The highest BCUT2D eigenvalue weighted by atomic mass is 16.3. The minimum atomic E-state index is -1.26. The molecule has 1 aliphatic rings. The normalized spacial score (nSPS) is 19.5. The fourth-order valence-electron chi connectivity index (χ4n) is 2.17. The fourth-order valence-corrected chi connectivity index (χ4v) is 2.17. The zero-order valence-electron chi connectivity index (χ0n) is 13.3. The molecule has 0 aromatic carbocycles. The quantitative estimate of drug-likeness (QED) is 0.764. The van der Waals surface area contributed by atoms with E-state index in [-0.39, 0.29) is 19.0 Å². The van der Waals surface area contributed by atoms with Gasteiger partial charge in [-0.25, -0.2) is 14.5 Å². The molecule has 1 fully saturated rings. The first-order valence-corrected chi connectivity index (χ1v) is 7.00. The van der Waals surface area contributed by atoms with Crippen LogP contribution in [0.3, 0.4) is 0 Å². The van der Waals surface area contributed by atoms with E-state index in [2.05, 4.69) is 13.2 Å². The average molecular weight is 295 g/mol. The lowest BCUT2D eigenvalue weighted by molar-refractivity contribution is -0.0922. The summed E-state index contributed by atoms with van der Waals surface area (Å²) in [6.45, 7) is 15.6. The third-order valence-electron chi connectivity index (χ3n) is 2.94. The van der Waals surface area contributed by atoms with E-state index >= 15 is 0 Å². The number of aliphatic hydroxyl groups is 1. The number of nitrogens with zero attached hydrogens (tertiary/aromatic N) is 3. The number of carbonyl (C=O) groups is 2. The van der Waals surface area contributed by atoms with Gasteiger partial charge in [-0.3, -0.25) is 9.80 Å². The van der Waals surface area contributed by atoms with E-state index in [1.165, 1.54) is 9.80 Å². The molecule has 6 heteroatoms. The van der Waals surface area contributed by atoms with E-state index < -0.39 is 18.4 Å². The third-order valence-corrected chi connectivity index (χ3v) is 2.94. The standard InChI is InChI=1S/C15H25N3O3/c1-10(2)7-16-13(19)17(8-11(3)4)15(21)18(14(16)20)9-12(5)6/h12,14,20H,1,3,7-9H2,2,4-6H3. The zero-order valence-corrected chi connectivity index (χ0v) is 13.3. The van der Waals surface area contributed by atoms with Crippen LogP contribution in [0.25, 0.3) is 0 Å². The van der Waals surface area contributed by atoms with E-state index in [0.717, 1.165) is 10.5 Å². The monoisotopic (exact) mass is 295 g/mol. The second-order valence-electron chi connectivity index (χ2n) is 6.09. The Kier molecular flexibility index (Phi) is 5.54. The summed E-state index contributed by atoms with van der Waals surface area (Å²) in [5.74, 6) is 0.176. The molecule has 0 aliphatic carbocycles. The van der Waals surface area contributed by atoms with Crippen LogP contribution in [-0.2, 0) is 0 Å². The van der Waals surface area contributed by atoms with Crippen LogP contribution in [0, 0.1) is 5.92 Å². The highest BCUT2D eigenvalue weighted by molar-refractivity contribution is 5.96. The van der Waals surface area contributed by atoms with Gasteiger partial charge in [-0.15, -0.1) is 0 Å². The van der Waals surface area contributed by atoms with Gasteiger partial charge >= 0.3 is 12.1 Å². The van der Waals surface area contributed by atoms with Crippen molar-refractivity contribution in [1.82, 2.24) is 14.7 Å². The first-order chi connectivity index (χ1) is 9.65. The molecule has 1 saturated heterocycles. The summed E-state index contributed by atoms with van der Waals surface area (Å²) < 4.78 is 0. The lowest BCUT2D eigenvalue weighted by Crippen LogP contribution is -2.67. The molecule has 1 aliphatic heterocycles. The van der Waals surface area contributed by atoms with Crippen LogP contribution in [0.1, 0.15) is 27.7 Å². The van der Waals surface area contributed by atoms with E-state index in [1.54, 1.807) is 13.8 Å². The Morgan fingerprint density at radius 3 is 2.00 bits per heavy atom. The molecule has 0 bridgehead atoms. The Bertz CT molecular complexity index is 459. The average Bonchev–Trinajstić information content (AvgIpc) is 2.35. The minimum Gasteiger partial charge on any atom is -0.356 e. The van der Waals surface area contributed by atoms with Crippen molar-refractivity contribution in [2.45, 2.75) is 34.0 Å². The van der Waals surface area contributed by atoms with Crippen molar-refractivity contribution in [2.24, 2.45) is 5.92 Å². The molecule has 1 rings (SSSR count). The van der Waals surface area contributed by atoms with Crippen molar-refractivity contribution < 1.29 is 14.7 Å². The largest absolute Gasteiger partial charge is 0.356 e. The Balaban J connectivity index is 3.10. The number of rotatable bonds is 6. The van der Waals surface area contributed by atoms with Gasteiger partial charge in [0.1, 0.15) is 0 Å². The van der Waals surface area contributed by atoms with Crippen LogP contribution < -0.4 is 0 Å². The smallest absolute Gasteiger partial charge is 0.332 e. The van der Waals surface area contributed by atoms with Gasteiger partial charge in [0.2, 0.25) is 6.35 Å². The molecule has 0 radical (unpaired) electrons. The van der Waals surface area contributed by atoms with E-state index in [9.17, 15) is 14.7 Å². The predicted octanol–water partition coefficient (Wildman–Crippen LogP) is 2.23. The van der Waals surface area contributed by atoms with E-state index in [1.807, 2.05) is 13.8 Å². The van der Waals surface area contributed by atoms with Crippen LogP contribution in [0.15, 0.2) is 24.3 Å². The molecule has 4 amide bonds. The van der Waals surface area contributed by atoms with Crippen LogP contribution in [-0.4, -0.2) is 57.9 Å². The molecule has 0 saturated carbocycles. The van der Waals surface area contributed by atoms with Gasteiger partial charge in [-0.2, -0.15) is 0 Å². The summed E-state index contributed by atoms with van der Waals surface area (Å²) in [4.78, 5) is 28.5. The van der Waals surface area contributed by atoms with Gasteiger partial charge in [0.05, 0.1) is 6.54 Å². The maximum Gasteiger partial charge on any atom is 0.332 e. The third kappa shape index (κ3) is 4.07. The van der Waals surface area contributed by atoms with Crippen LogP contribution >= 0.6 is 0 Å². The molecule has 21 heavy (non-hydrogen) atoms. The molecule has 1 heterocycles. The number of urea groups is 2. The molecular weight excluding hydrogens is 270 g/mol. The first kappa shape index (κ1) is 17.2. The summed E-state index contributed by atoms with van der Waals surface area (Å²) in [6, 6.07) is -0.999. The molecule has 0 aromatic heterocycles. The SMILES string of the molecule is C=C(C)CN1C(=O)N(CC(=C)C)C(O)N(CC(C)C)C1=O. The van der Waals surface area contributed by atoms with Gasteiger partial charge in [0, 0.05) is 13.1 Å². The van der Waals surface area contributed by atoms with Crippen molar-refractivity contribution >= 4 is 12.1 Å². The summed E-state index contributed by atoms with van der Waals surface area (Å²) >= 11 is 0. The molecule has 6 nitrogen and oxygen atoms in total. The van der Waals surface area contributed by atoms with Gasteiger partial charge in [0.25, 0.3) is 0 Å². The van der Waals surface area contributed by atoms with E-state index in [4.69, 9.17) is 0 Å². The second kappa shape index (κ2) is 6.76. The number of imide groups is 1. The number of hydrogen-bond acceptors (Lipinski definition) is 3. The minimum absolute atomic E-state index is 0.145. The number of amides is 4. The summed E-state index contributed by atoms with van der Waals surface area (Å²) in [5, 5.41) is 10.3. The van der Waals surface area contributed by atoms with Crippen LogP contribution in [0.5, 0.6) is 0 Å². The Labute approximate surface area is 126 Å². The van der Waals surface area contributed by atoms with Gasteiger partial charge in [0.15, 0.2) is 0 Å². The maximum absolute atomic E-state index is 12.4. The van der Waals surface area contributed by atoms with E-state index in [0.29, 0.717) is 12.1 Å². The molecule has 118 valence electrons. The Hall–Kier alpha value is -1.82. The highest BCUT2D eigenvalue weighted by Gasteiger charge is 2.43. The summed E-state index contributed by atoms with van der Waals surface area (Å²) in [7, 11) is 0. The lowest BCUT2D eigenvalue weighted by atomic mass is 10.2. The van der Waals surface area contributed by atoms with Gasteiger partial charge in [-0.05, 0) is 19.8 Å². The predicted molar refractivity (Wildman–Crippen MR) is 81.4 cm³/mol. The Morgan fingerprint density at radius 2 is 1.57 bits per heavy atom. The number of aliphatic hydroxyl groups excluding tert-OH is 1. The molecular formula is C15H25N3O3. The number of carbonyl (C=O) groups excluding carboxylic acids is 2. The first-order valence-electron chi connectivity index (χ1n) is 7.00. The summed E-state index contributed by atoms with van der Waals surface area (Å²) in [6.07, 6.45) is -1.26. The molecule has 1 unspecified atom stereocenters. The van der Waals surface area contributed by atoms with Crippen LogP contribution in [0.2, 0.25) is 0 Å². The fraction of sp³-hybridized carbons (Fsp3) is 0.600. The zero-order chi connectivity index (χ0) is 16.3. The lowest BCUT2D eigenvalue weighted by Gasteiger charge is -2.45. The summed E-state index contributed by atoms with van der Waals surface area (Å²) in [5.41, 5.74) is 1.43. The van der Waals surface area contributed by atoms with Crippen molar-refractivity contribution in [3.63, 3.8) is 0 Å². The number of hydrogen-bond donors (Lipinski definition) is 1. The Morgan fingerprint density at radius 1 is 1.10 bits per heavy atom. The van der Waals surface area contributed by atoms with Crippen molar-refractivity contribution in [2.75, 3.05) is 19.6 Å². The van der Waals surface area contributed by atoms with Crippen molar-refractivity contribution in [3.8, 4) is 0 Å². The van der Waals surface area contributed by atoms with Crippen LogP contribution in [0.4, 0.5) is 9.59 Å². The molecule has 0 spiro atoms. The second-order valence-corrected chi connectivity index (χ2v) is 6.09.